The van der Waals surface area contributed by atoms with Crippen LogP contribution in [0.5, 0.6) is 17.2 Å². The first-order chi connectivity index (χ1) is 6.22. The first-order valence-corrected chi connectivity index (χ1v) is 4.16. The fraction of sp³-hybridized carbons (Fsp3) is 0.333. The van der Waals surface area contributed by atoms with Crippen molar-refractivity contribution in [1.29, 1.82) is 0 Å². The number of benzene rings is 1. The standard InChI is InChI=1S/C9H12O3S.Na/c1-10-6-4-7(11-2)9(13)8(5-6)12-3;/h4-5,13H,1-3H3;/q;+1. The van der Waals surface area contributed by atoms with Gasteiger partial charge in [0.1, 0.15) is 17.2 Å². The first-order valence-electron chi connectivity index (χ1n) is 3.72. The third-order valence-electron chi connectivity index (χ3n) is 1.69. The molecule has 0 heterocycles. The molecule has 0 atom stereocenters. The summed E-state index contributed by atoms with van der Waals surface area (Å²) in [5, 5.41) is 0. The quantitative estimate of drug-likeness (QED) is 0.526. The van der Waals surface area contributed by atoms with E-state index in [0.717, 1.165) is 0 Å². The van der Waals surface area contributed by atoms with Crippen molar-refractivity contribution in [2.24, 2.45) is 0 Å². The molecular formula is C9H12NaO3S+. The van der Waals surface area contributed by atoms with Crippen LogP contribution in [-0.2, 0) is 0 Å². The number of hydrogen-bond acceptors (Lipinski definition) is 4. The second-order valence-electron chi connectivity index (χ2n) is 2.38. The maximum Gasteiger partial charge on any atom is 1.00 e. The summed E-state index contributed by atoms with van der Waals surface area (Å²) in [6.45, 7) is 0. The van der Waals surface area contributed by atoms with Gasteiger partial charge in [0.25, 0.3) is 0 Å². The molecule has 0 unspecified atom stereocenters. The molecule has 0 saturated carbocycles. The molecule has 14 heavy (non-hydrogen) atoms. The SMILES string of the molecule is COc1cc(OC)c(S)c(OC)c1.[Na+]. The van der Waals surface area contributed by atoms with Crippen molar-refractivity contribution >= 4 is 12.6 Å². The summed E-state index contributed by atoms with van der Waals surface area (Å²) in [7, 11) is 4.74. The molecule has 0 N–H and O–H groups in total. The molecule has 0 amide bonds. The topological polar surface area (TPSA) is 27.7 Å². The molecule has 0 saturated heterocycles. The van der Waals surface area contributed by atoms with Gasteiger partial charge in [-0.1, -0.05) is 0 Å². The van der Waals surface area contributed by atoms with Crippen LogP contribution in [0.4, 0.5) is 0 Å². The van der Waals surface area contributed by atoms with Gasteiger partial charge in [-0.3, -0.25) is 0 Å². The Bertz CT molecular complexity index is 279. The molecule has 0 fully saturated rings. The summed E-state index contributed by atoms with van der Waals surface area (Å²) >= 11 is 4.25. The van der Waals surface area contributed by atoms with E-state index in [-0.39, 0.29) is 29.6 Å². The van der Waals surface area contributed by atoms with E-state index in [1.165, 1.54) is 0 Å². The molecule has 3 nitrogen and oxygen atoms in total. The van der Waals surface area contributed by atoms with Gasteiger partial charge < -0.3 is 14.2 Å². The van der Waals surface area contributed by atoms with Crippen LogP contribution in [0, 0.1) is 0 Å². The Labute approximate surface area is 111 Å². The van der Waals surface area contributed by atoms with Crippen molar-refractivity contribution in [3.8, 4) is 17.2 Å². The van der Waals surface area contributed by atoms with E-state index in [2.05, 4.69) is 12.6 Å². The van der Waals surface area contributed by atoms with E-state index in [9.17, 15) is 0 Å². The molecular weight excluding hydrogens is 211 g/mol. The van der Waals surface area contributed by atoms with E-state index in [0.29, 0.717) is 22.1 Å². The minimum absolute atomic E-state index is 0. The summed E-state index contributed by atoms with van der Waals surface area (Å²) in [6, 6.07) is 3.51. The molecule has 1 aromatic rings. The van der Waals surface area contributed by atoms with Gasteiger partial charge in [-0.25, -0.2) is 0 Å². The van der Waals surface area contributed by atoms with Crippen molar-refractivity contribution < 1.29 is 43.8 Å². The van der Waals surface area contributed by atoms with Crippen molar-refractivity contribution in [1.82, 2.24) is 0 Å². The fourth-order valence-electron chi connectivity index (χ4n) is 0.987. The fourth-order valence-corrected chi connectivity index (χ4v) is 1.30. The molecule has 0 bridgehead atoms. The summed E-state index contributed by atoms with van der Waals surface area (Å²) < 4.78 is 15.2. The van der Waals surface area contributed by atoms with Gasteiger partial charge in [0.2, 0.25) is 0 Å². The van der Waals surface area contributed by atoms with Crippen LogP contribution in [0.3, 0.4) is 0 Å². The van der Waals surface area contributed by atoms with Crippen LogP contribution in [0.15, 0.2) is 17.0 Å². The van der Waals surface area contributed by atoms with Crippen molar-refractivity contribution in [2.45, 2.75) is 4.90 Å². The van der Waals surface area contributed by atoms with E-state index >= 15 is 0 Å². The number of hydrogen-bond donors (Lipinski definition) is 1. The summed E-state index contributed by atoms with van der Waals surface area (Å²) in [5.74, 6) is 1.96. The predicted molar refractivity (Wildman–Crippen MR) is 53.4 cm³/mol. The maximum atomic E-state index is 5.09. The van der Waals surface area contributed by atoms with Crippen LogP contribution < -0.4 is 43.8 Å². The average molecular weight is 223 g/mol. The van der Waals surface area contributed by atoms with Gasteiger partial charge >= 0.3 is 29.6 Å². The van der Waals surface area contributed by atoms with Gasteiger partial charge in [-0.15, -0.1) is 12.6 Å². The Balaban J connectivity index is 0.00000169. The molecule has 0 aliphatic carbocycles. The van der Waals surface area contributed by atoms with Crippen LogP contribution in [0.2, 0.25) is 0 Å². The van der Waals surface area contributed by atoms with Crippen molar-refractivity contribution in [3.63, 3.8) is 0 Å². The number of ether oxygens (including phenoxy) is 3. The first kappa shape index (κ1) is 14.0. The normalized spacial score (nSPS) is 8.86. The average Bonchev–Trinajstić information content (AvgIpc) is 2.18. The second kappa shape index (κ2) is 6.45. The Morgan fingerprint density at radius 1 is 0.929 bits per heavy atom. The van der Waals surface area contributed by atoms with Gasteiger partial charge in [-0.05, 0) is 0 Å². The van der Waals surface area contributed by atoms with E-state index < -0.39 is 0 Å². The molecule has 0 aliphatic rings. The molecule has 72 valence electrons. The van der Waals surface area contributed by atoms with Crippen LogP contribution in [0.1, 0.15) is 0 Å². The van der Waals surface area contributed by atoms with Crippen LogP contribution in [0.25, 0.3) is 0 Å². The summed E-state index contributed by atoms with van der Waals surface area (Å²) in [6.07, 6.45) is 0. The minimum Gasteiger partial charge on any atom is -0.496 e. The Morgan fingerprint density at radius 3 is 1.64 bits per heavy atom. The third kappa shape index (κ3) is 2.98. The molecule has 1 rings (SSSR count). The molecule has 1 aromatic carbocycles. The monoisotopic (exact) mass is 223 g/mol. The van der Waals surface area contributed by atoms with E-state index in [4.69, 9.17) is 14.2 Å². The van der Waals surface area contributed by atoms with E-state index in [1.807, 2.05) is 0 Å². The molecule has 5 heteroatoms. The Morgan fingerprint density at radius 2 is 1.36 bits per heavy atom. The zero-order valence-corrected chi connectivity index (χ0v) is 11.7. The third-order valence-corrected chi connectivity index (χ3v) is 2.13. The van der Waals surface area contributed by atoms with Crippen LogP contribution in [-0.4, -0.2) is 21.3 Å². The number of methoxy groups -OCH3 is 3. The van der Waals surface area contributed by atoms with Gasteiger partial charge in [-0.2, -0.15) is 0 Å². The molecule has 0 aromatic heterocycles. The molecule has 0 radical (unpaired) electrons. The molecule has 0 aliphatic heterocycles. The Hall–Kier alpha value is -0.0300. The summed E-state index contributed by atoms with van der Waals surface area (Å²) in [4.78, 5) is 0.672. The molecule has 0 spiro atoms. The predicted octanol–water partition coefficient (Wildman–Crippen LogP) is -0.995. The van der Waals surface area contributed by atoms with Gasteiger partial charge in [0, 0.05) is 12.1 Å². The van der Waals surface area contributed by atoms with E-state index in [1.54, 1.807) is 33.5 Å². The maximum absolute atomic E-state index is 5.09. The number of thiol groups is 1. The zero-order valence-electron chi connectivity index (χ0n) is 8.83. The summed E-state index contributed by atoms with van der Waals surface area (Å²) in [5.41, 5.74) is 0. The number of rotatable bonds is 3. The van der Waals surface area contributed by atoms with Crippen molar-refractivity contribution in [2.75, 3.05) is 21.3 Å². The van der Waals surface area contributed by atoms with Crippen molar-refractivity contribution in [3.05, 3.63) is 12.1 Å². The largest absolute Gasteiger partial charge is 1.00 e. The Kier molecular flexibility index (Phi) is 6.44. The zero-order chi connectivity index (χ0) is 9.84. The van der Waals surface area contributed by atoms with Gasteiger partial charge in [0.15, 0.2) is 0 Å². The van der Waals surface area contributed by atoms with Gasteiger partial charge in [0.05, 0.1) is 26.2 Å². The smallest absolute Gasteiger partial charge is 0.496 e. The minimum atomic E-state index is 0. The van der Waals surface area contributed by atoms with Crippen LogP contribution >= 0.6 is 12.6 Å². The second-order valence-corrected chi connectivity index (χ2v) is 2.83.